The van der Waals surface area contributed by atoms with Crippen LogP contribution < -0.4 is 10.6 Å². The third-order valence-electron chi connectivity index (χ3n) is 3.93. The van der Waals surface area contributed by atoms with Crippen LogP contribution in [0.3, 0.4) is 0 Å². The zero-order valence-corrected chi connectivity index (χ0v) is 12.1. The lowest BCUT2D eigenvalue weighted by Gasteiger charge is -2.20. The van der Waals surface area contributed by atoms with Crippen LogP contribution in [-0.4, -0.2) is 17.4 Å². The van der Waals surface area contributed by atoms with Gasteiger partial charge < -0.3 is 10.6 Å². The summed E-state index contributed by atoms with van der Waals surface area (Å²) in [6.07, 6.45) is 5.59. The lowest BCUT2D eigenvalue weighted by Crippen LogP contribution is -2.26. The fourth-order valence-corrected chi connectivity index (χ4v) is 2.68. The Balaban J connectivity index is 1.76. The summed E-state index contributed by atoms with van der Waals surface area (Å²) in [6.45, 7) is 3.51. The van der Waals surface area contributed by atoms with Crippen molar-refractivity contribution in [1.82, 2.24) is 10.3 Å². The number of nitrogens with zero attached hydrogens (tertiary/aromatic N) is 1. The Morgan fingerprint density at radius 1 is 1.38 bits per heavy atom. The third-order valence-corrected chi connectivity index (χ3v) is 3.93. The number of aryl methyl sites for hydroxylation is 1. The molecule has 1 amide bonds. The molecule has 0 aliphatic carbocycles. The van der Waals surface area contributed by atoms with Crippen molar-refractivity contribution in [2.24, 2.45) is 0 Å². The van der Waals surface area contributed by atoms with Crippen LogP contribution in [0.1, 0.15) is 33.5 Å². The number of rotatable bonds is 3. The molecule has 4 heteroatoms. The van der Waals surface area contributed by atoms with E-state index in [1.54, 1.807) is 12.4 Å². The maximum absolute atomic E-state index is 12.4. The number of nitrogens with one attached hydrogen (secondary N) is 2. The van der Waals surface area contributed by atoms with Gasteiger partial charge in [-0.1, -0.05) is 6.07 Å². The van der Waals surface area contributed by atoms with Crippen molar-refractivity contribution in [1.29, 1.82) is 0 Å². The van der Waals surface area contributed by atoms with Crippen LogP contribution >= 0.6 is 0 Å². The predicted octanol–water partition coefficient (Wildman–Crippen LogP) is 2.68. The van der Waals surface area contributed by atoms with E-state index in [-0.39, 0.29) is 5.91 Å². The van der Waals surface area contributed by atoms with Crippen LogP contribution in [-0.2, 0) is 13.0 Å². The van der Waals surface area contributed by atoms with E-state index in [0.29, 0.717) is 6.54 Å². The fourth-order valence-electron chi connectivity index (χ4n) is 2.68. The number of pyridine rings is 1. The van der Waals surface area contributed by atoms with Crippen LogP contribution in [0, 0.1) is 6.92 Å². The maximum Gasteiger partial charge on any atom is 0.251 e. The second kappa shape index (κ2) is 5.95. The molecule has 0 saturated heterocycles. The molecule has 0 atom stereocenters. The van der Waals surface area contributed by atoms with Crippen molar-refractivity contribution in [2.45, 2.75) is 26.3 Å². The Kier molecular flexibility index (Phi) is 3.86. The summed E-state index contributed by atoms with van der Waals surface area (Å²) in [5.74, 6) is -0.0150. The Morgan fingerprint density at radius 2 is 2.29 bits per heavy atom. The molecule has 0 radical (unpaired) electrons. The van der Waals surface area contributed by atoms with Gasteiger partial charge >= 0.3 is 0 Å². The topological polar surface area (TPSA) is 54.0 Å². The van der Waals surface area contributed by atoms with E-state index in [2.05, 4.69) is 15.6 Å². The number of hydrogen-bond acceptors (Lipinski definition) is 3. The van der Waals surface area contributed by atoms with Gasteiger partial charge in [0.05, 0.1) is 0 Å². The van der Waals surface area contributed by atoms with Crippen molar-refractivity contribution in [3.05, 3.63) is 58.9 Å². The number of carbonyl (C=O) groups is 1. The Labute approximate surface area is 124 Å². The molecule has 4 nitrogen and oxygen atoms in total. The van der Waals surface area contributed by atoms with Crippen LogP contribution in [0.4, 0.5) is 5.69 Å². The molecule has 2 heterocycles. The quantitative estimate of drug-likeness (QED) is 0.909. The first-order valence-corrected chi connectivity index (χ1v) is 7.29. The monoisotopic (exact) mass is 281 g/mol. The number of hydrogen-bond donors (Lipinski definition) is 2. The molecule has 0 unspecified atom stereocenters. The zero-order chi connectivity index (χ0) is 14.7. The summed E-state index contributed by atoms with van der Waals surface area (Å²) in [7, 11) is 0. The first-order valence-electron chi connectivity index (χ1n) is 7.29. The van der Waals surface area contributed by atoms with E-state index in [4.69, 9.17) is 0 Å². The summed E-state index contributed by atoms with van der Waals surface area (Å²) in [5.41, 5.74) is 5.19. The number of aromatic nitrogens is 1. The lowest BCUT2D eigenvalue weighted by atomic mass is 9.97. The summed E-state index contributed by atoms with van der Waals surface area (Å²) in [5, 5.41) is 6.35. The van der Waals surface area contributed by atoms with Gasteiger partial charge in [-0.05, 0) is 54.7 Å². The number of anilines is 1. The molecule has 2 aromatic rings. The van der Waals surface area contributed by atoms with Crippen LogP contribution in [0.25, 0.3) is 0 Å². The Morgan fingerprint density at radius 3 is 3.14 bits per heavy atom. The number of benzene rings is 1. The van der Waals surface area contributed by atoms with Gasteiger partial charge in [-0.2, -0.15) is 0 Å². The molecule has 1 aliphatic heterocycles. The standard InChI is InChI=1S/C17H19N3O/c1-12-7-9-18-10-13(12)11-20-17(21)15-4-2-6-16-14(15)5-3-8-19-16/h2,4,6-7,9-10,19H,3,5,8,11H2,1H3,(H,20,21). The molecule has 1 aliphatic rings. The molecule has 3 rings (SSSR count). The highest BCUT2D eigenvalue weighted by Crippen LogP contribution is 2.25. The van der Waals surface area contributed by atoms with Gasteiger partial charge in [0.1, 0.15) is 0 Å². The molecule has 21 heavy (non-hydrogen) atoms. The highest BCUT2D eigenvalue weighted by atomic mass is 16.1. The molecule has 1 aromatic carbocycles. The molecule has 0 spiro atoms. The van der Waals surface area contributed by atoms with Crippen LogP contribution in [0.5, 0.6) is 0 Å². The van der Waals surface area contributed by atoms with E-state index in [9.17, 15) is 4.79 Å². The van der Waals surface area contributed by atoms with Gasteiger partial charge in [0, 0.05) is 36.7 Å². The first-order chi connectivity index (χ1) is 10.3. The summed E-state index contributed by atoms with van der Waals surface area (Å²) >= 11 is 0. The molecule has 108 valence electrons. The van der Waals surface area contributed by atoms with Gasteiger partial charge in [-0.25, -0.2) is 0 Å². The van der Waals surface area contributed by atoms with Gasteiger partial charge in [-0.3, -0.25) is 9.78 Å². The average molecular weight is 281 g/mol. The number of fused-ring (bicyclic) bond motifs is 1. The van der Waals surface area contributed by atoms with E-state index >= 15 is 0 Å². The molecular formula is C17H19N3O. The van der Waals surface area contributed by atoms with Gasteiger partial charge in [0.15, 0.2) is 0 Å². The second-order valence-electron chi connectivity index (χ2n) is 5.35. The van der Waals surface area contributed by atoms with Crippen molar-refractivity contribution in [3.8, 4) is 0 Å². The second-order valence-corrected chi connectivity index (χ2v) is 5.35. The summed E-state index contributed by atoms with van der Waals surface area (Å²) in [6, 6.07) is 7.82. The van der Waals surface area contributed by atoms with Crippen molar-refractivity contribution < 1.29 is 4.79 Å². The van der Waals surface area contributed by atoms with E-state index in [0.717, 1.165) is 47.3 Å². The van der Waals surface area contributed by atoms with Crippen LogP contribution in [0.15, 0.2) is 36.7 Å². The molecule has 0 bridgehead atoms. The molecule has 1 aromatic heterocycles. The Hall–Kier alpha value is -2.36. The van der Waals surface area contributed by atoms with E-state index in [1.807, 2.05) is 31.2 Å². The Bertz CT molecular complexity index is 667. The molecular weight excluding hydrogens is 262 g/mol. The minimum atomic E-state index is -0.0150. The number of amides is 1. The largest absolute Gasteiger partial charge is 0.385 e. The van der Waals surface area contributed by atoms with Crippen molar-refractivity contribution in [2.75, 3.05) is 11.9 Å². The maximum atomic E-state index is 12.4. The number of carbonyl (C=O) groups excluding carboxylic acids is 1. The average Bonchev–Trinajstić information content (AvgIpc) is 2.53. The smallest absolute Gasteiger partial charge is 0.251 e. The normalized spacial score (nSPS) is 13.2. The molecule has 2 N–H and O–H groups in total. The highest BCUT2D eigenvalue weighted by Gasteiger charge is 2.17. The minimum Gasteiger partial charge on any atom is -0.385 e. The highest BCUT2D eigenvalue weighted by molar-refractivity contribution is 5.97. The zero-order valence-electron chi connectivity index (χ0n) is 12.1. The van der Waals surface area contributed by atoms with E-state index in [1.165, 1.54) is 0 Å². The van der Waals surface area contributed by atoms with Gasteiger partial charge in [-0.15, -0.1) is 0 Å². The first kappa shape index (κ1) is 13.6. The van der Waals surface area contributed by atoms with Crippen molar-refractivity contribution >= 4 is 11.6 Å². The lowest BCUT2D eigenvalue weighted by molar-refractivity contribution is 0.0950. The van der Waals surface area contributed by atoms with Gasteiger partial charge in [0.25, 0.3) is 5.91 Å². The van der Waals surface area contributed by atoms with Crippen molar-refractivity contribution in [3.63, 3.8) is 0 Å². The fraction of sp³-hybridized carbons (Fsp3) is 0.294. The third kappa shape index (κ3) is 2.89. The SMILES string of the molecule is Cc1ccncc1CNC(=O)c1cccc2c1CCCN2. The molecule has 0 fully saturated rings. The van der Waals surface area contributed by atoms with Gasteiger partial charge in [0.2, 0.25) is 0 Å². The minimum absolute atomic E-state index is 0.0150. The summed E-state index contributed by atoms with van der Waals surface area (Å²) in [4.78, 5) is 16.5. The predicted molar refractivity (Wildman–Crippen MR) is 83.4 cm³/mol. The van der Waals surface area contributed by atoms with Crippen LogP contribution in [0.2, 0.25) is 0 Å². The van der Waals surface area contributed by atoms with E-state index < -0.39 is 0 Å². The summed E-state index contributed by atoms with van der Waals surface area (Å²) < 4.78 is 0. The molecule has 0 saturated carbocycles.